The summed E-state index contributed by atoms with van der Waals surface area (Å²) in [4.78, 5) is 12.0. The number of rotatable bonds is 6. The third-order valence-electron chi connectivity index (χ3n) is 3.37. The van der Waals surface area contributed by atoms with Gasteiger partial charge in [0, 0.05) is 4.47 Å². The number of aryl methyl sites for hydroxylation is 2. The van der Waals surface area contributed by atoms with Gasteiger partial charge in [-0.2, -0.15) is 0 Å². The van der Waals surface area contributed by atoms with Gasteiger partial charge in [-0.3, -0.25) is 0 Å². The molecule has 2 aromatic rings. The summed E-state index contributed by atoms with van der Waals surface area (Å²) >= 11 is 3.41. The van der Waals surface area contributed by atoms with Crippen LogP contribution in [0.3, 0.4) is 0 Å². The Morgan fingerprint density at radius 2 is 2.00 bits per heavy atom. The van der Waals surface area contributed by atoms with E-state index >= 15 is 0 Å². The summed E-state index contributed by atoms with van der Waals surface area (Å²) in [7, 11) is 1.57. The van der Waals surface area contributed by atoms with Crippen LogP contribution in [0, 0.1) is 13.8 Å². The van der Waals surface area contributed by atoms with Crippen LogP contribution in [0.25, 0.3) is 0 Å². The maximum atomic E-state index is 12.0. The number of hydrogen-bond donors (Lipinski definition) is 2. The SMILES string of the molecule is COc1cc(Br)cc(C)c1NC(=O)NCCOc1cccc(C)c1. The van der Waals surface area contributed by atoms with Gasteiger partial charge in [0.15, 0.2) is 0 Å². The van der Waals surface area contributed by atoms with Crippen molar-refractivity contribution in [1.29, 1.82) is 0 Å². The maximum absolute atomic E-state index is 12.0. The number of ether oxygens (including phenoxy) is 2. The molecule has 0 aromatic heterocycles. The Morgan fingerprint density at radius 3 is 2.71 bits per heavy atom. The van der Waals surface area contributed by atoms with E-state index in [2.05, 4.69) is 26.6 Å². The lowest BCUT2D eigenvalue weighted by atomic mass is 10.2. The Balaban J connectivity index is 1.84. The fraction of sp³-hybridized carbons (Fsp3) is 0.278. The van der Waals surface area contributed by atoms with Crippen molar-refractivity contribution in [2.24, 2.45) is 0 Å². The second kappa shape index (κ2) is 8.59. The molecule has 0 aliphatic rings. The summed E-state index contributed by atoms with van der Waals surface area (Å²) in [5, 5.41) is 5.58. The van der Waals surface area contributed by atoms with Gasteiger partial charge in [0.05, 0.1) is 19.3 Å². The first-order chi connectivity index (χ1) is 11.5. The zero-order valence-electron chi connectivity index (χ0n) is 14.0. The van der Waals surface area contributed by atoms with E-state index in [4.69, 9.17) is 9.47 Å². The van der Waals surface area contributed by atoms with E-state index in [0.29, 0.717) is 24.6 Å². The quantitative estimate of drug-likeness (QED) is 0.721. The van der Waals surface area contributed by atoms with Gasteiger partial charge in [0.25, 0.3) is 0 Å². The highest BCUT2D eigenvalue weighted by Crippen LogP contribution is 2.31. The fourth-order valence-electron chi connectivity index (χ4n) is 2.23. The Bertz CT molecular complexity index is 719. The summed E-state index contributed by atoms with van der Waals surface area (Å²) in [6, 6.07) is 11.2. The maximum Gasteiger partial charge on any atom is 0.319 e. The topological polar surface area (TPSA) is 59.6 Å². The fourth-order valence-corrected chi connectivity index (χ4v) is 2.78. The summed E-state index contributed by atoms with van der Waals surface area (Å²) in [6.07, 6.45) is 0. The van der Waals surface area contributed by atoms with Crippen LogP contribution in [-0.2, 0) is 0 Å². The number of halogens is 1. The first kappa shape index (κ1) is 18.1. The molecule has 5 nitrogen and oxygen atoms in total. The third-order valence-corrected chi connectivity index (χ3v) is 3.83. The van der Waals surface area contributed by atoms with Crippen molar-refractivity contribution >= 4 is 27.6 Å². The minimum absolute atomic E-state index is 0.299. The van der Waals surface area contributed by atoms with Gasteiger partial charge in [-0.1, -0.05) is 28.1 Å². The molecule has 0 aliphatic heterocycles. The number of nitrogens with one attached hydrogen (secondary N) is 2. The average Bonchev–Trinajstić information content (AvgIpc) is 2.54. The van der Waals surface area contributed by atoms with E-state index in [9.17, 15) is 4.79 Å². The minimum Gasteiger partial charge on any atom is -0.495 e. The molecule has 0 spiro atoms. The lowest BCUT2D eigenvalue weighted by Crippen LogP contribution is -2.32. The molecule has 2 N–H and O–H groups in total. The van der Waals surface area contributed by atoms with E-state index in [-0.39, 0.29) is 6.03 Å². The van der Waals surface area contributed by atoms with Crippen LogP contribution in [0.15, 0.2) is 40.9 Å². The van der Waals surface area contributed by atoms with Gasteiger partial charge in [-0.15, -0.1) is 0 Å². The molecular formula is C18H21BrN2O3. The van der Waals surface area contributed by atoms with E-state index < -0.39 is 0 Å². The largest absolute Gasteiger partial charge is 0.495 e. The van der Waals surface area contributed by atoms with Gasteiger partial charge in [-0.25, -0.2) is 4.79 Å². The molecule has 0 unspecified atom stereocenters. The molecule has 0 bridgehead atoms. The van der Waals surface area contributed by atoms with Gasteiger partial charge < -0.3 is 20.1 Å². The molecule has 6 heteroatoms. The Labute approximate surface area is 150 Å². The number of amides is 2. The standard InChI is InChI=1S/C18H21BrN2O3/c1-12-5-4-6-15(9-12)24-8-7-20-18(22)21-17-13(2)10-14(19)11-16(17)23-3/h4-6,9-11H,7-8H2,1-3H3,(H2,20,21,22). The lowest BCUT2D eigenvalue weighted by Gasteiger charge is -2.14. The van der Waals surface area contributed by atoms with E-state index in [1.165, 1.54) is 0 Å². The minimum atomic E-state index is -0.299. The van der Waals surface area contributed by atoms with Crippen molar-refractivity contribution in [3.05, 3.63) is 52.0 Å². The molecule has 2 rings (SSSR count). The number of urea groups is 1. The molecule has 2 aromatic carbocycles. The molecule has 0 saturated carbocycles. The highest BCUT2D eigenvalue weighted by molar-refractivity contribution is 9.10. The molecule has 0 aliphatic carbocycles. The second-order valence-electron chi connectivity index (χ2n) is 5.35. The van der Waals surface area contributed by atoms with Crippen LogP contribution in [0.2, 0.25) is 0 Å². The van der Waals surface area contributed by atoms with Crippen LogP contribution in [0.5, 0.6) is 11.5 Å². The Hall–Kier alpha value is -2.21. The Morgan fingerprint density at radius 1 is 1.21 bits per heavy atom. The zero-order valence-corrected chi connectivity index (χ0v) is 15.6. The number of benzene rings is 2. The summed E-state index contributed by atoms with van der Waals surface area (Å²) in [5.74, 6) is 1.40. The summed E-state index contributed by atoms with van der Waals surface area (Å²) < 4.78 is 11.8. The highest BCUT2D eigenvalue weighted by atomic mass is 79.9. The van der Waals surface area contributed by atoms with E-state index in [0.717, 1.165) is 21.3 Å². The summed E-state index contributed by atoms with van der Waals surface area (Å²) in [5.41, 5.74) is 2.70. The van der Waals surface area contributed by atoms with E-state index in [1.54, 1.807) is 7.11 Å². The molecule has 0 fully saturated rings. The average molecular weight is 393 g/mol. The first-order valence-corrected chi connectivity index (χ1v) is 8.37. The van der Waals surface area contributed by atoms with Gasteiger partial charge in [0.1, 0.15) is 18.1 Å². The van der Waals surface area contributed by atoms with Crippen LogP contribution in [-0.4, -0.2) is 26.3 Å². The molecule has 24 heavy (non-hydrogen) atoms. The van der Waals surface area contributed by atoms with Crippen molar-refractivity contribution < 1.29 is 14.3 Å². The molecule has 0 atom stereocenters. The number of carbonyl (C=O) groups is 1. The lowest BCUT2D eigenvalue weighted by molar-refractivity contribution is 0.247. The molecule has 2 amide bonds. The number of anilines is 1. The number of hydrogen-bond acceptors (Lipinski definition) is 3. The molecular weight excluding hydrogens is 372 g/mol. The molecule has 128 valence electrons. The number of carbonyl (C=O) groups excluding carboxylic acids is 1. The zero-order chi connectivity index (χ0) is 17.5. The van der Waals surface area contributed by atoms with Crippen LogP contribution < -0.4 is 20.1 Å². The van der Waals surface area contributed by atoms with E-state index in [1.807, 2.05) is 50.2 Å². The predicted molar refractivity (Wildman–Crippen MR) is 99.1 cm³/mol. The van der Waals surface area contributed by atoms with Crippen LogP contribution in [0.4, 0.5) is 10.5 Å². The normalized spacial score (nSPS) is 10.2. The monoisotopic (exact) mass is 392 g/mol. The van der Waals surface area contributed by atoms with Crippen molar-refractivity contribution in [2.45, 2.75) is 13.8 Å². The summed E-state index contributed by atoms with van der Waals surface area (Å²) in [6.45, 7) is 4.71. The second-order valence-corrected chi connectivity index (χ2v) is 6.26. The number of methoxy groups -OCH3 is 1. The molecule has 0 saturated heterocycles. The first-order valence-electron chi connectivity index (χ1n) is 7.58. The molecule has 0 heterocycles. The van der Waals surface area contributed by atoms with Gasteiger partial charge in [0.2, 0.25) is 0 Å². The molecule has 0 radical (unpaired) electrons. The van der Waals surface area contributed by atoms with Crippen molar-refractivity contribution in [1.82, 2.24) is 5.32 Å². The Kier molecular flexibility index (Phi) is 6.49. The van der Waals surface area contributed by atoms with Crippen LogP contribution in [0.1, 0.15) is 11.1 Å². The van der Waals surface area contributed by atoms with Crippen molar-refractivity contribution in [3.8, 4) is 11.5 Å². The van der Waals surface area contributed by atoms with Gasteiger partial charge in [-0.05, 0) is 49.2 Å². The predicted octanol–water partition coefficient (Wildman–Crippen LogP) is 4.28. The van der Waals surface area contributed by atoms with Crippen molar-refractivity contribution in [3.63, 3.8) is 0 Å². The highest BCUT2D eigenvalue weighted by Gasteiger charge is 2.11. The smallest absolute Gasteiger partial charge is 0.319 e. The van der Waals surface area contributed by atoms with Crippen LogP contribution >= 0.6 is 15.9 Å². The third kappa shape index (κ3) is 5.16. The van der Waals surface area contributed by atoms with Crippen molar-refractivity contribution in [2.75, 3.05) is 25.6 Å². The van der Waals surface area contributed by atoms with Gasteiger partial charge >= 0.3 is 6.03 Å².